The fraction of sp³-hybridized carbons (Fsp3) is 0.296. The molecule has 0 radical (unpaired) electrons. The molecule has 164 valence electrons. The van der Waals surface area contributed by atoms with E-state index in [1.54, 1.807) is 10.7 Å². The van der Waals surface area contributed by atoms with Crippen LogP contribution in [0.5, 0.6) is 0 Å². The normalized spacial score (nSPS) is 12.2. The summed E-state index contributed by atoms with van der Waals surface area (Å²) < 4.78 is 1.77. The van der Waals surface area contributed by atoms with Crippen LogP contribution in [0.2, 0.25) is 0 Å². The van der Waals surface area contributed by atoms with Crippen LogP contribution in [0.25, 0.3) is 5.65 Å². The number of hydrogen-bond donors (Lipinski definition) is 1. The van der Waals surface area contributed by atoms with Crippen LogP contribution in [0.1, 0.15) is 61.8 Å². The van der Waals surface area contributed by atoms with Gasteiger partial charge in [0.05, 0.1) is 23.9 Å². The van der Waals surface area contributed by atoms with E-state index in [0.717, 1.165) is 11.4 Å². The van der Waals surface area contributed by atoms with Gasteiger partial charge in [0.15, 0.2) is 11.4 Å². The Balaban J connectivity index is 1.61. The zero-order valence-corrected chi connectivity index (χ0v) is 19.4. The minimum atomic E-state index is -0.328. The molecule has 5 nitrogen and oxygen atoms in total. The van der Waals surface area contributed by atoms with E-state index in [0.29, 0.717) is 16.9 Å². The van der Waals surface area contributed by atoms with Crippen LogP contribution in [0.3, 0.4) is 0 Å². The van der Waals surface area contributed by atoms with Gasteiger partial charge in [-0.3, -0.25) is 4.79 Å². The molecular formula is C27H30N4O. The number of Topliss-reactive ketones (excluding diaryl/α,β-unsaturated/α-hetero) is 1. The van der Waals surface area contributed by atoms with Crippen molar-refractivity contribution < 1.29 is 4.79 Å². The standard InChI is InChI=1S/C27H30N4O/c1-26(2,3)20-13-11-19(12-14-20)23(32)17-22-18-25(31-24(29-22)15-16-28-31)30-27(4,5)21-9-7-6-8-10-21/h6-16,18,30H,17H2,1-5H3. The third kappa shape index (κ3) is 4.57. The molecule has 0 fully saturated rings. The second-order valence-corrected chi connectivity index (χ2v) is 9.78. The largest absolute Gasteiger partial charge is 0.361 e. The lowest BCUT2D eigenvalue weighted by atomic mass is 9.86. The maximum Gasteiger partial charge on any atom is 0.168 e. The van der Waals surface area contributed by atoms with Gasteiger partial charge in [-0.05, 0) is 30.4 Å². The Labute approximate surface area is 189 Å². The van der Waals surface area contributed by atoms with Crippen LogP contribution < -0.4 is 5.32 Å². The van der Waals surface area contributed by atoms with Crippen LogP contribution in [0.15, 0.2) is 72.9 Å². The number of benzene rings is 2. The van der Waals surface area contributed by atoms with E-state index in [9.17, 15) is 4.79 Å². The number of rotatable bonds is 6. The van der Waals surface area contributed by atoms with Crippen LogP contribution >= 0.6 is 0 Å². The number of anilines is 1. The number of aromatic nitrogens is 3. The number of hydrogen-bond acceptors (Lipinski definition) is 4. The molecule has 0 aliphatic rings. The summed E-state index contributed by atoms with van der Waals surface area (Å²) in [5.41, 5.74) is 4.23. The molecule has 5 heteroatoms. The van der Waals surface area contributed by atoms with Gasteiger partial charge in [0.25, 0.3) is 0 Å². The molecule has 0 atom stereocenters. The molecule has 1 N–H and O–H groups in total. The maximum absolute atomic E-state index is 13.0. The van der Waals surface area contributed by atoms with Gasteiger partial charge in [-0.25, -0.2) is 4.98 Å². The highest BCUT2D eigenvalue weighted by molar-refractivity contribution is 5.97. The summed E-state index contributed by atoms with van der Waals surface area (Å²) >= 11 is 0. The second kappa shape index (κ2) is 8.23. The highest BCUT2D eigenvalue weighted by Gasteiger charge is 2.22. The lowest BCUT2D eigenvalue weighted by Crippen LogP contribution is -2.29. The van der Waals surface area contributed by atoms with Crippen LogP contribution in [-0.4, -0.2) is 20.4 Å². The predicted molar refractivity (Wildman–Crippen MR) is 129 cm³/mol. The number of carbonyl (C=O) groups excluding carboxylic acids is 1. The molecule has 2 aromatic carbocycles. The molecule has 32 heavy (non-hydrogen) atoms. The van der Waals surface area contributed by atoms with E-state index in [-0.39, 0.29) is 23.2 Å². The first-order chi connectivity index (χ1) is 15.1. The molecule has 2 heterocycles. The highest BCUT2D eigenvalue weighted by Crippen LogP contribution is 2.27. The predicted octanol–water partition coefficient (Wildman–Crippen LogP) is 5.80. The SMILES string of the molecule is CC(C)(C)c1ccc(C(=O)Cc2cc(NC(C)(C)c3ccccc3)n3nccc3n2)cc1. The third-order valence-electron chi connectivity index (χ3n) is 5.76. The molecule has 0 aliphatic heterocycles. The molecule has 0 aliphatic carbocycles. The molecule has 0 saturated heterocycles. The van der Waals surface area contributed by atoms with Crippen LogP contribution in [0.4, 0.5) is 5.82 Å². The summed E-state index contributed by atoms with van der Waals surface area (Å²) in [5, 5.41) is 8.00. The minimum Gasteiger partial charge on any atom is -0.361 e. The molecule has 0 spiro atoms. The second-order valence-electron chi connectivity index (χ2n) is 9.78. The maximum atomic E-state index is 13.0. The Morgan fingerprint density at radius 3 is 2.25 bits per heavy atom. The Morgan fingerprint density at radius 2 is 1.59 bits per heavy atom. The van der Waals surface area contributed by atoms with Crippen molar-refractivity contribution in [2.75, 3.05) is 5.32 Å². The molecule has 0 amide bonds. The molecule has 0 saturated carbocycles. The summed E-state index contributed by atoms with van der Waals surface area (Å²) in [6.07, 6.45) is 1.96. The summed E-state index contributed by atoms with van der Waals surface area (Å²) in [6.45, 7) is 10.7. The minimum absolute atomic E-state index is 0.0510. The van der Waals surface area contributed by atoms with Crippen molar-refractivity contribution in [3.05, 3.63) is 95.3 Å². The summed E-state index contributed by atoms with van der Waals surface area (Å²) in [4.78, 5) is 17.6. The topological polar surface area (TPSA) is 59.3 Å². The van der Waals surface area contributed by atoms with E-state index in [4.69, 9.17) is 0 Å². The zero-order valence-electron chi connectivity index (χ0n) is 19.4. The lowest BCUT2D eigenvalue weighted by Gasteiger charge is -2.28. The Bertz CT molecular complexity index is 1230. The fourth-order valence-corrected chi connectivity index (χ4v) is 3.81. The van der Waals surface area contributed by atoms with Gasteiger partial charge in [0.2, 0.25) is 0 Å². The smallest absolute Gasteiger partial charge is 0.168 e. The van der Waals surface area contributed by atoms with Gasteiger partial charge in [0.1, 0.15) is 5.82 Å². The van der Waals surface area contributed by atoms with Crippen molar-refractivity contribution in [2.45, 2.75) is 52.0 Å². The quantitative estimate of drug-likeness (QED) is 0.396. The fourth-order valence-electron chi connectivity index (χ4n) is 3.81. The molecule has 4 aromatic rings. The van der Waals surface area contributed by atoms with Gasteiger partial charge in [-0.1, -0.05) is 75.4 Å². The van der Waals surface area contributed by atoms with Gasteiger partial charge in [-0.2, -0.15) is 9.61 Å². The summed E-state index contributed by atoms with van der Waals surface area (Å²) in [5.74, 6) is 0.856. The molecule has 4 rings (SSSR count). The summed E-state index contributed by atoms with van der Waals surface area (Å²) in [7, 11) is 0. The first kappa shape index (κ1) is 21.8. The highest BCUT2D eigenvalue weighted by atomic mass is 16.1. The van der Waals surface area contributed by atoms with Crippen molar-refractivity contribution >= 4 is 17.2 Å². The number of nitrogens with zero attached hydrogens (tertiary/aromatic N) is 3. The third-order valence-corrected chi connectivity index (χ3v) is 5.76. The average Bonchev–Trinajstić information content (AvgIpc) is 3.23. The van der Waals surface area contributed by atoms with Crippen molar-refractivity contribution in [1.29, 1.82) is 0 Å². The van der Waals surface area contributed by atoms with E-state index < -0.39 is 0 Å². The van der Waals surface area contributed by atoms with Crippen LogP contribution in [0, 0.1) is 0 Å². The number of carbonyl (C=O) groups is 1. The van der Waals surface area contributed by atoms with E-state index in [1.165, 1.54) is 5.56 Å². The first-order valence-electron chi connectivity index (χ1n) is 10.9. The average molecular weight is 427 g/mol. The number of nitrogens with one attached hydrogen (secondary N) is 1. The number of fused-ring (bicyclic) bond motifs is 1. The van der Waals surface area contributed by atoms with Gasteiger partial charge in [-0.15, -0.1) is 0 Å². The lowest BCUT2D eigenvalue weighted by molar-refractivity contribution is 0.0992. The van der Waals surface area contributed by atoms with Crippen molar-refractivity contribution in [1.82, 2.24) is 14.6 Å². The van der Waals surface area contributed by atoms with Crippen molar-refractivity contribution in [3.63, 3.8) is 0 Å². The van der Waals surface area contributed by atoms with Crippen molar-refractivity contribution in [3.8, 4) is 0 Å². The molecule has 0 unspecified atom stereocenters. The summed E-state index contributed by atoms with van der Waals surface area (Å²) in [6, 6.07) is 21.9. The Kier molecular flexibility index (Phi) is 5.59. The van der Waals surface area contributed by atoms with E-state index in [1.807, 2.05) is 54.6 Å². The molecular weight excluding hydrogens is 396 g/mol. The van der Waals surface area contributed by atoms with E-state index >= 15 is 0 Å². The van der Waals surface area contributed by atoms with Crippen LogP contribution in [-0.2, 0) is 17.4 Å². The van der Waals surface area contributed by atoms with E-state index in [2.05, 4.69) is 62.2 Å². The Morgan fingerprint density at radius 1 is 0.906 bits per heavy atom. The Hall–Kier alpha value is -3.47. The van der Waals surface area contributed by atoms with Gasteiger partial charge in [0, 0.05) is 17.7 Å². The van der Waals surface area contributed by atoms with Gasteiger partial charge < -0.3 is 5.32 Å². The van der Waals surface area contributed by atoms with Gasteiger partial charge >= 0.3 is 0 Å². The first-order valence-corrected chi connectivity index (χ1v) is 10.9. The monoisotopic (exact) mass is 426 g/mol. The zero-order chi connectivity index (χ0) is 22.9. The molecule has 0 bridgehead atoms. The molecule has 2 aromatic heterocycles. The van der Waals surface area contributed by atoms with Crippen molar-refractivity contribution in [2.24, 2.45) is 0 Å². The number of ketones is 1.